The molecule has 0 aliphatic heterocycles. The van der Waals surface area contributed by atoms with Crippen LogP contribution in [0.3, 0.4) is 0 Å². The van der Waals surface area contributed by atoms with Crippen LogP contribution in [0.25, 0.3) is 22.5 Å². The number of aryl methyl sites for hydroxylation is 1. The maximum absolute atomic E-state index is 13.8. The van der Waals surface area contributed by atoms with Crippen molar-refractivity contribution in [2.45, 2.75) is 38.1 Å². The van der Waals surface area contributed by atoms with Gasteiger partial charge in [-0.2, -0.15) is 5.21 Å². The maximum atomic E-state index is 13.8. The van der Waals surface area contributed by atoms with Gasteiger partial charge in [-0.05, 0) is 85.2 Å². The Balaban J connectivity index is 1.37. The van der Waals surface area contributed by atoms with E-state index in [4.69, 9.17) is 11.5 Å². The van der Waals surface area contributed by atoms with Crippen LogP contribution in [-0.4, -0.2) is 54.6 Å². The van der Waals surface area contributed by atoms with Gasteiger partial charge in [0, 0.05) is 24.7 Å². The van der Waals surface area contributed by atoms with Gasteiger partial charge in [0.05, 0.1) is 17.3 Å². The molecule has 2 heterocycles. The third-order valence-corrected chi connectivity index (χ3v) is 7.85. The molecule has 0 bridgehead atoms. The molecule has 1 saturated carbocycles. The SMILES string of the molecule is Cn1cc(-c2ccc(C[C@H](N)C(=O)N(C(=O)C3CCC(CN)CC3)c3ccc(-c4nn[nH]n4)cc3)cc2)c(=O)[nH]c1=O. The van der Waals surface area contributed by atoms with E-state index in [9.17, 15) is 19.2 Å². The second-order valence-electron chi connectivity index (χ2n) is 10.7. The number of hydrogen-bond donors (Lipinski definition) is 4. The number of imide groups is 1. The summed E-state index contributed by atoms with van der Waals surface area (Å²) in [5.41, 5.74) is 14.1. The molecule has 2 aromatic carbocycles. The van der Waals surface area contributed by atoms with Crippen molar-refractivity contribution >= 4 is 17.5 Å². The van der Waals surface area contributed by atoms with Gasteiger partial charge in [-0.1, -0.05) is 24.3 Å². The van der Waals surface area contributed by atoms with Crippen LogP contribution in [0, 0.1) is 11.8 Å². The first kappa shape index (κ1) is 28.8. The fourth-order valence-corrected chi connectivity index (χ4v) is 5.33. The molecule has 5 rings (SSSR count). The number of aromatic amines is 2. The van der Waals surface area contributed by atoms with Crippen molar-refractivity contribution in [3.8, 4) is 22.5 Å². The molecule has 0 saturated heterocycles. The molecule has 4 aromatic rings. The summed E-state index contributed by atoms with van der Waals surface area (Å²) in [6.07, 6.45) is 4.64. The highest BCUT2D eigenvalue weighted by molar-refractivity contribution is 6.17. The zero-order valence-corrected chi connectivity index (χ0v) is 23.2. The molecular weight excluding hydrogens is 538 g/mol. The number of amides is 2. The normalized spacial score (nSPS) is 17.5. The van der Waals surface area contributed by atoms with Crippen LogP contribution in [0.2, 0.25) is 0 Å². The number of benzene rings is 2. The number of aromatic nitrogens is 6. The zero-order valence-electron chi connectivity index (χ0n) is 23.2. The predicted octanol–water partition coefficient (Wildman–Crippen LogP) is 1.12. The Labute approximate surface area is 240 Å². The van der Waals surface area contributed by atoms with E-state index in [-0.39, 0.29) is 18.2 Å². The molecule has 1 aliphatic carbocycles. The van der Waals surface area contributed by atoms with E-state index in [0.29, 0.717) is 53.5 Å². The highest BCUT2D eigenvalue weighted by atomic mass is 16.2. The number of carbonyl (C=O) groups is 2. The standard InChI is InChI=1S/C29H33N9O4/c1-37-16-23(26(39)32-29(37)42)19-6-2-17(3-7-19)14-24(31)28(41)38(27(40)21-8-4-18(15-30)5-9-21)22-12-10-20(11-13-22)25-33-35-36-34-25/h2-3,6-7,10-13,16,18,21,24H,4-5,8-9,14-15,30-31H2,1H3,(H,32,39,42)(H,33,34,35,36)/t18?,21?,24-/m0/s1. The van der Waals surface area contributed by atoms with Crippen molar-refractivity contribution in [1.82, 2.24) is 30.2 Å². The molecular formula is C29H33N9O4. The summed E-state index contributed by atoms with van der Waals surface area (Å²) in [5, 5.41) is 13.9. The van der Waals surface area contributed by atoms with Crippen molar-refractivity contribution in [2.75, 3.05) is 11.4 Å². The second-order valence-corrected chi connectivity index (χ2v) is 10.7. The topological polar surface area (TPSA) is 199 Å². The number of tetrazole rings is 1. The largest absolute Gasteiger partial charge is 0.330 e. The molecule has 218 valence electrons. The lowest BCUT2D eigenvalue weighted by molar-refractivity contribution is -0.130. The van der Waals surface area contributed by atoms with Crippen LogP contribution < -0.4 is 27.6 Å². The van der Waals surface area contributed by atoms with Crippen molar-refractivity contribution in [3.05, 3.63) is 81.1 Å². The van der Waals surface area contributed by atoms with Gasteiger partial charge >= 0.3 is 5.69 Å². The third kappa shape index (κ3) is 6.11. The van der Waals surface area contributed by atoms with Crippen LogP contribution in [0.1, 0.15) is 31.2 Å². The first-order chi connectivity index (χ1) is 20.2. The number of nitrogens with zero attached hydrogens (tertiary/aromatic N) is 5. The number of H-pyrrole nitrogens is 2. The quantitative estimate of drug-likeness (QED) is 0.239. The molecule has 0 unspecified atom stereocenters. The summed E-state index contributed by atoms with van der Waals surface area (Å²) in [6, 6.07) is 12.8. The van der Waals surface area contributed by atoms with Crippen LogP contribution in [0.4, 0.5) is 5.69 Å². The van der Waals surface area contributed by atoms with Gasteiger partial charge in [0.15, 0.2) is 0 Å². The first-order valence-electron chi connectivity index (χ1n) is 13.8. The van der Waals surface area contributed by atoms with Gasteiger partial charge in [-0.3, -0.25) is 19.4 Å². The third-order valence-electron chi connectivity index (χ3n) is 7.85. The lowest BCUT2D eigenvalue weighted by atomic mass is 9.81. The van der Waals surface area contributed by atoms with Gasteiger partial charge in [-0.25, -0.2) is 9.69 Å². The minimum absolute atomic E-state index is 0.174. The average molecular weight is 572 g/mol. The number of nitrogens with one attached hydrogen (secondary N) is 2. The molecule has 2 amide bonds. The Hall–Kier alpha value is -4.75. The zero-order chi connectivity index (χ0) is 29.8. The molecule has 1 atom stereocenters. The molecule has 42 heavy (non-hydrogen) atoms. The fraction of sp³-hybridized carbons (Fsp3) is 0.345. The molecule has 0 radical (unpaired) electrons. The fourth-order valence-electron chi connectivity index (χ4n) is 5.33. The monoisotopic (exact) mass is 571 g/mol. The maximum Gasteiger partial charge on any atom is 0.328 e. The number of carbonyl (C=O) groups excluding carboxylic acids is 2. The first-order valence-corrected chi connectivity index (χ1v) is 13.8. The lowest BCUT2D eigenvalue weighted by Crippen LogP contribution is -2.50. The van der Waals surface area contributed by atoms with Gasteiger partial charge < -0.3 is 16.0 Å². The predicted molar refractivity (Wildman–Crippen MR) is 156 cm³/mol. The summed E-state index contributed by atoms with van der Waals surface area (Å²) < 4.78 is 1.29. The highest BCUT2D eigenvalue weighted by Crippen LogP contribution is 2.32. The highest BCUT2D eigenvalue weighted by Gasteiger charge is 2.35. The Bertz CT molecular complexity index is 1650. The minimum Gasteiger partial charge on any atom is -0.330 e. The number of rotatable bonds is 8. The molecule has 1 fully saturated rings. The van der Waals surface area contributed by atoms with E-state index in [0.717, 1.165) is 18.4 Å². The molecule has 2 aromatic heterocycles. The van der Waals surface area contributed by atoms with Gasteiger partial charge in [0.25, 0.3) is 11.5 Å². The van der Waals surface area contributed by atoms with Crippen molar-refractivity contribution in [2.24, 2.45) is 30.4 Å². The van der Waals surface area contributed by atoms with Gasteiger partial charge in [0.2, 0.25) is 11.7 Å². The van der Waals surface area contributed by atoms with Crippen LogP contribution in [-0.2, 0) is 23.1 Å². The van der Waals surface area contributed by atoms with Crippen molar-refractivity contribution in [3.63, 3.8) is 0 Å². The number of anilines is 1. The summed E-state index contributed by atoms with van der Waals surface area (Å²) >= 11 is 0. The summed E-state index contributed by atoms with van der Waals surface area (Å²) in [7, 11) is 1.55. The molecule has 13 nitrogen and oxygen atoms in total. The van der Waals surface area contributed by atoms with Gasteiger partial charge in [-0.15, -0.1) is 10.2 Å². The Morgan fingerprint density at radius 3 is 2.31 bits per heavy atom. The Morgan fingerprint density at radius 2 is 1.69 bits per heavy atom. The Kier molecular flexibility index (Phi) is 8.50. The van der Waals surface area contributed by atoms with Crippen LogP contribution in [0.5, 0.6) is 0 Å². The smallest absolute Gasteiger partial charge is 0.328 e. The molecule has 1 aliphatic rings. The van der Waals surface area contributed by atoms with E-state index in [2.05, 4.69) is 25.6 Å². The molecule has 0 spiro atoms. The van der Waals surface area contributed by atoms with E-state index in [1.807, 2.05) is 0 Å². The summed E-state index contributed by atoms with van der Waals surface area (Å²) in [4.78, 5) is 55.1. The van der Waals surface area contributed by atoms with E-state index in [1.54, 1.807) is 55.6 Å². The number of nitrogens with two attached hydrogens (primary N) is 2. The van der Waals surface area contributed by atoms with E-state index in [1.165, 1.54) is 15.7 Å². The van der Waals surface area contributed by atoms with Crippen LogP contribution in [0.15, 0.2) is 64.3 Å². The van der Waals surface area contributed by atoms with E-state index >= 15 is 0 Å². The molecule has 6 N–H and O–H groups in total. The Morgan fingerprint density at radius 1 is 1.02 bits per heavy atom. The van der Waals surface area contributed by atoms with Crippen LogP contribution >= 0.6 is 0 Å². The average Bonchev–Trinajstić information content (AvgIpc) is 3.55. The van der Waals surface area contributed by atoms with Crippen molar-refractivity contribution < 1.29 is 9.59 Å². The lowest BCUT2D eigenvalue weighted by Gasteiger charge is -2.32. The van der Waals surface area contributed by atoms with E-state index < -0.39 is 23.2 Å². The van der Waals surface area contributed by atoms with Crippen molar-refractivity contribution in [1.29, 1.82) is 0 Å². The number of hydrogen-bond acceptors (Lipinski definition) is 9. The molecule has 13 heteroatoms. The minimum atomic E-state index is -1.00. The second kappa shape index (κ2) is 12.4. The summed E-state index contributed by atoms with van der Waals surface area (Å²) in [5.74, 6) is -0.311. The van der Waals surface area contributed by atoms with Gasteiger partial charge in [0.1, 0.15) is 0 Å². The summed E-state index contributed by atoms with van der Waals surface area (Å²) in [6.45, 7) is 0.585.